The summed E-state index contributed by atoms with van der Waals surface area (Å²) in [6.07, 6.45) is 0.289. The Morgan fingerprint density at radius 3 is 2.33 bits per heavy atom. The number of nitrogens with one attached hydrogen (secondary N) is 1. The van der Waals surface area contributed by atoms with Crippen LogP contribution >= 0.6 is 11.6 Å². The number of hydrogen-bond acceptors (Lipinski definition) is 4. The first kappa shape index (κ1) is 14.9. The molecule has 0 spiro atoms. The van der Waals surface area contributed by atoms with Gasteiger partial charge >= 0.3 is 0 Å². The lowest BCUT2D eigenvalue weighted by molar-refractivity contribution is -0.113. The summed E-state index contributed by atoms with van der Waals surface area (Å²) < 4.78 is 31.1. The minimum atomic E-state index is -3.75. The van der Waals surface area contributed by atoms with Crippen molar-refractivity contribution in [1.82, 2.24) is 4.72 Å². The van der Waals surface area contributed by atoms with Crippen LogP contribution in [0.25, 0.3) is 0 Å². The monoisotopic (exact) mass is 291 g/mol. The third-order valence-corrected chi connectivity index (χ3v) is 4.10. The zero-order valence-electron chi connectivity index (χ0n) is 10.0. The molecule has 0 aromatic heterocycles. The summed E-state index contributed by atoms with van der Waals surface area (Å²) in [5, 5.41) is -0.727. The predicted molar refractivity (Wildman–Crippen MR) is 68.3 cm³/mol. The Morgan fingerprint density at radius 2 is 1.94 bits per heavy atom. The smallest absolute Gasteiger partial charge is 0.241 e. The molecule has 1 N–H and O–H groups in total. The first-order valence-electron chi connectivity index (χ1n) is 5.26. The van der Waals surface area contributed by atoms with Crippen LogP contribution in [0.1, 0.15) is 13.3 Å². The molecule has 1 aromatic rings. The average molecular weight is 292 g/mol. The molecule has 0 saturated heterocycles. The lowest BCUT2D eigenvalue weighted by atomic mass is 10.3. The highest BCUT2D eigenvalue weighted by molar-refractivity contribution is 7.89. The molecule has 0 heterocycles. The molecule has 5 nitrogen and oxygen atoms in total. The van der Waals surface area contributed by atoms with Gasteiger partial charge in [-0.3, -0.25) is 4.79 Å². The third kappa shape index (κ3) is 3.69. The fraction of sp³-hybridized carbons (Fsp3) is 0.364. The molecule has 1 unspecified atom stereocenters. The summed E-state index contributed by atoms with van der Waals surface area (Å²) in [6, 6.07) is 4.92. The fourth-order valence-electron chi connectivity index (χ4n) is 1.30. The minimum absolute atomic E-state index is 0.0552. The number of carbonyl (C=O) groups excluding carboxylic acids is 1. The van der Waals surface area contributed by atoms with E-state index in [0.717, 1.165) is 0 Å². The fourth-order valence-corrected chi connectivity index (χ4v) is 2.85. The number of methoxy groups -OCH3 is 1. The standard InChI is InChI=1S/C11H14ClNO4S/c1-3-10(11(12)14)13-18(15,16)9-6-4-8(17-2)5-7-9/h4-7,10,13H,3H2,1-2H3. The number of benzene rings is 1. The van der Waals surface area contributed by atoms with Crippen LogP contribution in [-0.4, -0.2) is 26.8 Å². The van der Waals surface area contributed by atoms with Crippen molar-refractivity contribution in [3.63, 3.8) is 0 Å². The van der Waals surface area contributed by atoms with Gasteiger partial charge in [0.1, 0.15) is 5.75 Å². The third-order valence-electron chi connectivity index (χ3n) is 2.35. The zero-order valence-corrected chi connectivity index (χ0v) is 11.6. The maximum atomic E-state index is 11.9. The largest absolute Gasteiger partial charge is 0.497 e. The Balaban J connectivity index is 2.95. The van der Waals surface area contributed by atoms with Crippen molar-refractivity contribution in [2.24, 2.45) is 0 Å². The second-order valence-corrected chi connectivity index (χ2v) is 5.65. The summed E-state index contributed by atoms with van der Waals surface area (Å²) in [4.78, 5) is 11.1. The van der Waals surface area contributed by atoms with E-state index < -0.39 is 21.3 Å². The molecule has 0 bridgehead atoms. The van der Waals surface area contributed by atoms with Gasteiger partial charge in [0.25, 0.3) is 0 Å². The van der Waals surface area contributed by atoms with Gasteiger partial charge in [-0.15, -0.1) is 0 Å². The maximum absolute atomic E-state index is 11.9. The SMILES string of the molecule is CCC(NS(=O)(=O)c1ccc(OC)cc1)C(=O)Cl. The highest BCUT2D eigenvalue weighted by atomic mass is 35.5. The molecule has 0 aliphatic rings. The number of sulfonamides is 1. The number of rotatable bonds is 6. The van der Waals surface area contributed by atoms with E-state index in [0.29, 0.717) is 5.75 Å². The summed E-state index contributed by atoms with van der Waals surface area (Å²) in [7, 11) is -2.27. The molecule has 0 fully saturated rings. The van der Waals surface area contributed by atoms with Crippen LogP contribution in [0.5, 0.6) is 5.75 Å². The second kappa shape index (κ2) is 6.17. The van der Waals surface area contributed by atoms with Crippen LogP contribution in [0, 0.1) is 0 Å². The number of ether oxygens (including phenoxy) is 1. The van der Waals surface area contributed by atoms with Crippen molar-refractivity contribution in [1.29, 1.82) is 0 Å². The van der Waals surface area contributed by atoms with Gasteiger partial charge in [0.05, 0.1) is 18.0 Å². The van der Waals surface area contributed by atoms with Gasteiger partial charge in [-0.25, -0.2) is 8.42 Å². The van der Waals surface area contributed by atoms with Gasteiger partial charge in [-0.1, -0.05) is 6.92 Å². The molecule has 0 amide bonds. The molecule has 18 heavy (non-hydrogen) atoms. The van der Waals surface area contributed by atoms with Gasteiger partial charge < -0.3 is 4.74 Å². The Morgan fingerprint density at radius 1 is 1.39 bits per heavy atom. The Labute approximate surface area is 111 Å². The van der Waals surface area contributed by atoms with Crippen molar-refractivity contribution < 1.29 is 17.9 Å². The number of halogens is 1. The van der Waals surface area contributed by atoms with E-state index in [9.17, 15) is 13.2 Å². The second-order valence-electron chi connectivity index (χ2n) is 3.56. The Bertz CT molecular complexity index is 512. The van der Waals surface area contributed by atoms with E-state index in [1.165, 1.54) is 31.4 Å². The van der Waals surface area contributed by atoms with Crippen LogP contribution in [0.2, 0.25) is 0 Å². The number of carbonyl (C=O) groups is 1. The van der Waals surface area contributed by atoms with Crippen LogP contribution in [0.15, 0.2) is 29.2 Å². The molecule has 0 aliphatic heterocycles. The van der Waals surface area contributed by atoms with Gasteiger partial charge in [-0.2, -0.15) is 4.72 Å². The molecule has 1 rings (SSSR count). The lowest BCUT2D eigenvalue weighted by Crippen LogP contribution is -2.38. The van der Waals surface area contributed by atoms with E-state index >= 15 is 0 Å². The van der Waals surface area contributed by atoms with Crippen LogP contribution in [0.4, 0.5) is 0 Å². The van der Waals surface area contributed by atoms with E-state index in [-0.39, 0.29) is 11.3 Å². The van der Waals surface area contributed by atoms with E-state index in [2.05, 4.69) is 4.72 Å². The summed E-state index contributed by atoms with van der Waals surface area (Å²) in [5.74, 6) is 0.550. The molecule has 100 valence electrons. The minimum Gasteiger partial charge on any atom is -0.497 e. The number of hydrogen-bond donors (Lipinski definition) is 1. The average Bonchev–Trinajstić information content (AvgIpc) is 2.35. The van der Waals surface area contributed by atoms with Crippen LogP contribution in [0.3, 0.4) is 0 Å². The topological polar surface area (TPSA) is 72.5 Å². The molecule has 1 aromatic carbocycles. The molecule has 1 atom stereocenters. The predicted octanol–water partition coefficient (Wildman–Crippen LogP) is 1.52. The normalized spacial score (nSPS) is 13.1. The quantitative estimate of drug-likeness (QED) is 0.807. The molecule has 0 radical (unpaired) electrons. The van der Waals surface area contributed by atoms with E-state index in [1.807, 2.05) is 0 Å². The molecule has 0 saturated carbocycles. The summed E-state index contributed by atoms with van der Waals surface area (Å²) in [5.41, 5.74) is 0. The van der Waals surface area contributed by atoms with Crippen molar-refractivity contribution in [3.8, 4) is 5.75 Å². The highest BCUT2D eigenvalue weighted by Crippen LogP contribution is 2.16. The first-order chi connectivity index (χ1) is 8.40. The van der Waals surface area contributed by atoms with Crippen molar-refractivity contribution in [2.75, 3.05) is 7.11 Å². The first-order valence-corrected chi connectivity index (χ1v) is 7.12. The molecular weight excluding hydrogens is 278 g/mol. The van der Waals surface area contributed by atoms with Gasteiger partial charge in [0.15, 0.2) is 0 Å². The van der Waals surface area contributed by atoms with Crippen LogP contribution in [-0.2, 0) is 14.8 Å². The zero-order chi connectivity index (χ0) is 13.8. The van der Waals surface area contributed by atoms with Gasteiger partial charge in [0, 0.05) is 0 Å². The van der Waals surface area contributed by atoms with Gasteiger partial charge in [-0.05, 0) is 42.3 Å². The maximum Gasteiger partial charge on any atom is 0.241 e. The summed E-state index contributed by atoms with van der Waals surface area (Å²) in [6.45, 7) is 1.67. The molecular formula is C11H14ClNO4S. The molecule has 0 aliphatic carbocycles. The summed E-state index contributed by atoms with van der Waals surface area (Å²) >= 11 is 5.30. The molecule has 7 heteroatoms. The van der Waals surface area contributed by atoms with Crippen molar-refractivity contribution in [3.05, 3.63) is 24.3 Å². The van der Waals surface area contributed by atoms with Gasteiger partial charge in [0.2, 0.25) is 15.3 Å². The Kier molecular flexibility index (Phi) is 5.13. The van der Waals surface area contributed by atoms with Crippen LogP contribution < -0.4 is 9.46 Å². The lowest BCUT2D eigenvalue weighted by Gasteiger charge is -2.13. The highest BCUT2D eigenvalue weighted by Gasteiger charge is 2.22. The Hall–Kier alpha value is -1.11. The van der Waals surface area contributed by atoms with E-state index in [4.69, 9.17) is 16.3 Å². The van der Waals surface area contributed by atoms with Crippen molar-refractivity contribution in [2.45, 2.75) is 24.3 Å². The van der Waals surface area contributed by atoms with Crippen molar-refractivity contribution >= 4 is 26.9 Å². The van der Waals surface area contributed by atoms with E-state index in [1.54, 1.807) is 6.92 Å².